The summed E-state index contributed by atoms with van der Waals surface area (Å²) in [6.45, 7) is 6.58. The van der Waals surface area contributed by atoms with Crippen LogP contribution in [0, 0.1) is 0 Å². The number of hydrogen-bond donors (Lipinski definition) is 1. The van der Waals surface area contributed by atoms with E-state index in [2.05, 4.69) is 44.5 Å². The van der Waals surface area contributed by atoms with Crippen molar-refractivity contribution in [1.82, 2.24) is 24.4 Å². The second-order valence-corrected chi connectivity index (χ2v) is 9.05. The normalized spacial score (nSPS) is 28.0. The fourth-order valence-electron chi connectivity index (χ4n) is 5.39. The third-order valence-electron chi connectivity index (χ3n) is 7.24. The summed E-state index contributed by atoms with van der Waals surface area (Å²) in [4.78, 5) is 9.82. The topological polar surface area (TPSA) is 57.9 Å². The second kappa shape index (κ2) is 8.58. The smallest absolute Gasteiger partial charge is 0.154 e. The molecule has 3 fully saturated rings. The number of ether oxygens (including phenoxy) is 1. The van der Waals surface area contributed by atoms with Gasteiger partial charge in [-0.1, -0.05) is 0 Å². The Morgan fingerprint density at radius 3 is 2.52 bits per heavy atom. The molecule has 2 aliphatic heterocycles. The molecule has 0 unspecified atom stereocenters. The van der Waals surface area contributed by atoms with Crippen molar-refractivity contribution in [3.63, 3.8) is 0 Å². The Morgan fingerprint density at radius 1 is 1.00 bits per heavy atom. The number of hydrogen-bond acceptors (Lipinski definition) is 6. The largest absolute Gasteiger partial charge is 0.381 e. The molecule has 7 heteroatoms. The van der Waals surface area contributed by atoms with Crippen LogP contribution in [0.5, 0.6) is 0 Å². The van der Waals surface area contributed by atoms with Crippen LogP contribution in [-0.4, -0.2) is 82.9 Å². The number of anilines is 1. The Bertz CT molecular complexity index is 801. The van der Waals surface area contributed by atoms with E-state index in [1.807, 2.05) is 4.52 Å². The number of likely N-dealkylation sites (N-methyl/N-ethyl adjacent to an activating group) is 1. The summed E-state index contributed by atoms with van der Waals surface area (Å²) in [5, 5.41) is 8.24. The summed E-state index contributed by atoms with van der Waals surface area (Å²) in [5.41, 5.74) is 2.54. The van der Waals surface area contributed by atoms with Gasteiger partial charge < -0.3 is 15.0 Å². The van der Waals surface area contributed by atoms with Crippen molar-refractivity contribution in [2.75, 3.05) is 51.8 Å². The van der Waals surface area contributed by atoms with E-state index in [0.29, 0.717) is 12.0 Å². The third-order valence-corrected chi connectivity index (χ3v) is 7.24. The molecule has 3 aliphatic rings. The lowest BCUT2D eigenvalue weighted by Crippen LogP contribution is -2.50. The fourth-order valence-corrected chi connectivity index (χ4v) is 5.39. The van der Waals surface area contributed by atoms with Crippen LogP contribution in [0.25, 0.3) is 5.52 Å². The molecular formula is C22H34N6O. The van der Waals surface area contributed by atoms with Gasteiger partial charge in [0.1, 0.15) is 11.8 Å². The highest BCUT2D eigenvalue weighted by Crippen LogP contribution is 2.34. The predicted octanol–water partition coefficient (Wildman–Crippen LogP) is 2.59. The van der Waals surface area contributed by atoms with E-state index < -0.39 is 0 Å². The van der Waals surface area contributed by atoms with Crippen LogP contribution in [0.4, 0.5) is 5.82 Å². The van der Waals surface area contributed by atoms with Gasteiger partial charge in [0.15, 0.2) is 5.82 Å². The molecule has 0 radical (unpaired) electrons. The van der Waals surface area contributed by atoms with Gasteiger partial charge in [0.05, 0.1) is 0 Å². The Kier molecular flexibility index (Phi) is 5.70. The van der Waals surface area contributed by atoms with E-state index in [4.69, 9.17) is 4.74 Å². The number of fused-ring (bicyclic) bond motifs is 1. The fraction of sp³-hybridized carbons (Fsp3) is 0.727. The average molecular weight is 399 g/mol. The Balaban J connectivity index is 1.26. The van der Waals surface area contributed by atoms with Crippen molar-refractivity contribution in [3.05, 3.63) is 24.2 Å². The van der Waals surface area contributed by atoms with Crippen molar-refractivity contribution in [2.45, 2.75) is 56.5 Å². The van der Waals surface area contributed by atoms with Gasteiger partial charge >= 0.3 is 0 Å². The van der Waals surface area contributed by atoms with Crippen molar-refractivity contribution < 1.29 is 4.74 Å². The van der Waals surface area contributed by atoms with Crippen molar-refractivity contribution in [3.8, 4) is 0 Å². The van der Waals surface area contributed by atoms with Crippen molar-refractivity contribution in [1.29, 1.82) is 0 Å². The molecule has 1 saturated carbocycles. The van der Waals surface area contributed by atoms with Gasteiger partial charge in [-0.05, 0) is 63.1 Å². The molecule has 0 bridgehead atoms. The first-order valence-corrected chi connectivity index (χ1v) is 11.4. The third kappa shape index (κ3) is 4.13. The van der Waals surface area contributed by atoms with Gasteiger partial charge in [0, 0.05) is 57.7 Å². The second-order valence-electron chi connectivity index (χ2n) is 9.05. The van der Waals surface area contributed by atoms with E-state index in [-0.39, 0.29) is 0 Å². The van der Waals surface area contributed by atoms with Crippen LogP contribution in [-0.2, 0) is 4.74 Å². The highest BCUT2D eigenvalue weighted by atomic mass is 16.5. The lowest BCUT2D eigenvalue weighted by atomic mass is 9.89. The molecule has 1 N–H and O–H groups in total. The lowest BCUT2D eigenvalue weighted by Gasteiger charge is -2.41. The van der Waals surface area contributed by atoms with Crippen molar-refractivity contribution >= 4 is 11.3 Å². The molecule has 7 nitrogen and oxygen atoms in total. The summed E-state index contributed by atoms with van der Waals surface area (Å²) in [6, 6.07) is 3.50. The summed E-state index contributed by atoms with van der Waals surface area (Å²) in [5.74, 6) is 1.56. The minimum atomic E-state index is 0.509. The molecular weight excluding hydrogens is 364 g/mol. The van der Waals surface area contributed by atoms with E-state index in [9.17, 15) is 0 Å². The number of nitrogens with one attached hydrogen (secondary N) is 1. The highest BCUT2D eigenvalue weighted by Gasteiger charge is 2.28. The van der Waals surface area contributed by atoms with E-state index in [1.54, 1.807) is 6.33 Å². The monoisotopic (exact) mass is 398 g/mol. The molecule has 5 rings (SSSR count). The first kappa shape index (κ1) is 19.3. The van der Waals surface area contributed by atoms with Crippen LogP contribution < -0.4 is 5.32 Å². The maximum Gasteiger partial charge on any atom is 0.154 e. The molecule has 0 amide bonds. The van der Waals surface area contributed by atoms with Crippen LogP contribution in [0.3, 0.4) is 0 Å². The first-order valence-electron chi connectivity index (χ1n) is 11.4. The zero-order valence-electron chi connectivity index (χ0n) is 17.6. The van der Waals surface area contributed by atoms with Crippen LogP contribution in [0.15, 0.2) is 18.6 Å². The number of nitrogens with zero attached hydrogens (tertiary/aromatic N) is 5. The minimum absolute atomic E-state index is 0.509. The molecule has 4 heterocycles. The van der Waals surface area contributed by atoms with Gasteiger partial charge in [0.2, 0.25) is 0 Å². The van der Waals surface area contributed by atoms with E-state index in [1.165, 1.54) is 62.9 Å². The summed E-state index contributed by atoms with van der Waals surface area (Å²) in [7, 11) is 2.23. The van der Waals surface area contributed by atoms with Crippen LogP contribution in [0.2, 0.25) is 0 Å². The summed E-state index contributed by atoms with van der Waals surface area (Å²) >= 11 is 0. The van der Waals surface area contributed by atoms with Gasteiger partial charge in [0.25, 0.3) is 0 Å². The summed E-state index contributed by atoms with van der Waals surface area (Å²) in [6.07, 6.45) is 11.0. The maximum atomic E-state index is 5.57. The maximum absolute atomic E-state index is 5.57. The zero-order chi connectivity index (χ0) is 19.6. The quantitative estimate of drug-likeness (QED) is 0.854. The van der Waals surface area contributed by atoms with E-state index >= 15 is 0 Å². The standard InChI is InChI=1S/C22H34N6O/c1-26-10-12-27(13-11-26)19-4-2-18(3-5-19)25-22-21-20(17-7-14-29-15-8-17)6-9-28(21)24-16-23-22/h6,9,16-19H,2-5,7-8,10-15H2,1H3,(H,23,24,25). The molecule has 29 heavy (non-hydrogen) atoms. The van der Waals surface area contributed by atoms with Gasteiger partial charge in [-0.15, -0.1) is 0 Å². The number of aromatic nitrogens is 3. The van der Waals surface area contributed by atoms with Crippen LogP contribution >= 0.6 is 0 Å². The average Bonchev–Trinajstić information content (AvgIpc) is 3.21. The molecule has 0 aromatic carbocycles. The molecule has 0 atom stereocenters. The molecule has 2 saturated heterocycles. The summed E-state index contributed by atoms with van der Waals surface area (Å²) < 4.78 is 7.56. The molecule has 1 aliphatic carbocycles. The SMILES string of the molecule is CN1CCN(C2CCC(Nc3ncnn4ccc(C5CCOCC5)c34)CC2)CC1. The highest BCUT2D eigenvalue weighted by molar-refractivity contribution is 5.73. The molecule has 0 spiro atoms. The zero-order valence-corrected chi connectivity index (χ0v) is 17.6. The Labute approximate surface area is 173 Å². The molecule has 2 aromatic rings. The van der Waals surface area contributed by atoms with Gasteiger partial charge in [-0.25, -0.2) is 9.50 Å². The minimum Gasteiger partial charge on any atom is -0.381 e. The number of piperazine rings is 1. The Hall–Kier alpha value is -1.70. The Morgan fingerprint density at radius 2 is 1.76 bits per heavy atom. The lowest BCUT2D eigenvalue weighted by molar-refractivity contribution is 0.0856. The van der Waals surface area contributed by atoms with E-state index in [0.717, 1.165) is 37.9 Å². The van der Waals surface area contributed by atoms with Gasteiger partial charge in [-0.2, -0.15) is 5.10 Å². The molecule has 158 valence electrons. The van der Waals surface area contributed by atoms with Gasteiger partial charge in [-0.3, -0.25) is 4.90 Å². The predicted molar refractivity (Wildman–Crippen MR) is 115 cm³/mol. The first-order chi connectivity index (χ1) is 14.3. The number of rotatable bonds is 4. The van der Waals surface area contributed by atoms with Crippen molar-refractivity contribution in [2.24, 2.45) is 0 Å². The van der Waals surface area contributed by atoms with Crippen LogP contribution in [0.1, 0.15) is 50.0 Å². The molecule has 2 aromatic heterocycles.